The minimum Gasteiger partial charge on any atom is -0.341 e. The van der Waals surface area contributed by atoms with Gasteiger partial charge in [0.2, 0.25) is 11.8 Å². The number of hydrogen-bond donors (Lipinski definition) is 0. The lowest BCUT2D eigenvalue weighted by molar-refractivity contribution is 0.387. The first kappa shape index (κ1) is 16.1. The Labute approximate surface area is 150 Å². The number of anilines is 1. The maximum atomic E-state index is 5.20. The lowest BCUT2D eigenvalue weighted by Gasteiger charge is -2.18. The second kappa shape index (κ2) is 6.87. The zero-order valence-electron chi connectivity index (χ0n) is 14.3. The summed E-state index contributed by atoms with van der Waals surface area (Å²) in [5.41, 5.74) is 2.30. The molecule has 0 amide bonds. The number of thioether (sulfide) groups is 1. The fourth-order valence-corrected chi connectivity index (χ4v) is 3.71. The van der Waals surface area contributed by atoms with Crippen LogP contribution in [0.2, 0.25) is 0 Å². The van der Waals surface area contributed by atoms with Crippen molar-refractivity contribution in [2.24, 2.45) is 0 Å². The molecule has 130 valence electrons. The summed E-state index contributed by atoms with van der Waals surface area (Å²) in [6, 6.07) is 8.44. The quantitative estimate of drug-likeness (QED) is 0.650. The molecule has 1 fully saturated rings. The van der Waals surface area contributed by atoms with E-state index in [9.17, 15) is 0 Å². The van der Waals surface area contributed by atoms with E-state index in [0.717, 1.165) is 29.9 Å². The van der Waals surface area contributed by atoms with Crippen LogP contribution in [0.25, 0.3) is 5.69 Å². The highest BCUT2D eigenvalue weighted by molar-refractivity contribution is 7.98. The van der Waals surface area contributed by atoms with Gasteiger partial charge in [-0.25, -0.2) is 0 Å². The maximum Gasteiger partial charge on any atom is 0.237 e. The molecule has 0 saturated carbocycles. The summed E-state index contributed by atoms with van der Waals surface area (Å²) >= 11 is 1.56. The molecule has 2 aromatic heterocycles. The zero-order chi connectivity index (χ0) is 17.2. The molecule has 3 aromatic rings. The smallest absolute Gasteiger partial charge is 0.237 e. The van der Waals surface area contributed by atoms with Gasteiger partial charge in [-0.1, -0.05) is 34.6 Å². The Bertz CT molecular complexity index is 850. The number of benzene rings is 1. The maximum absolute atomic E-state index is 5.20. The van der Waals surface area contributed by atoms with E-state index in [1.807, 2.05) is 6.92 Å². The molecule has 1 saturated heterocycles. The topological polar surface area (TPSA) is 72.9 Å². The summed E-state index contributed by atoms with van der Waals surface area (Å²) in [5, 5.41) is 13.6. The van der Waals surface area contributed by atoms with Gasteiger partial charge in [-0.15, -0.1) is 10.2 Å². The Hall–Kier alpha value is -2.35. The zero-order valence-corrected chi connectivity index (χ0v) is 15.2. The van der Waals surface area contributed by atoms with Gasteiger partial charge in [0.05, 0.1) is 11.4 Å². The van der Waals surface area contributed by atoms with Crippen LogP contribution in [0, 0.1) is 13.8 Å². The standard InChI is InChI=1S/C17H20N6OS/c1-12-5-7-14(8-6-12)23-16(22-9-3-4-10-22)19-20-17(23)25-11-15-18-13(2)21-24-15/h5-8H,3-4,9-11H2,1-2H3. The Morgan fingerprint density at radius 3 is 2.52 bits per heavy atom. The highest BCUT2D eigenvalue weighted by Crippen LogP contribution is 2.30. The summed E-state index contributed by atoms with van der Waals surface area (Å²) in [5.74, 6) is 2.73. The Morgan fingerprint density at radius 2 is 1.84 bits per heavy atom. The third-order valence-electron chi connectivity index (χ3n) is 4.19. The number of rotatable bonds is 5. The lowest BCUT2D eigenvalue weighted by atomic mass is 10.2. The molecular weight excluding hydrogens is 336 g/mol. The number of nitrogens with zero attached hydrogens (tertiary/aromatic N) is 6. The van der Waals surface area contributed by atoms with Gasteiger partial charge in [0.25, 0.3) is 0 Å². The molecule has 7 nitrogen and oxygen atoms in total. The average molecular weight is 356 g/mol. The Morgan fingerprint density at radius 1 is 1.08 bits per heavy atom. The molecule has 0 atom stereocenters. The van der Waals surface area contributed by atoms with E-state index in [2.05, 4.69) is 61.0 Å². The van der Waals surface area contributed by atoms with Crippen molar-refractivity contribution >= 4 is 17.7 Å². The van der Waals surface area contributed by atoms with E-state index in [4.69, 9.17) is 4.52 Å². The second-order valence-electron chi connectivity index (χ2n) is 6.17. The van der Waals surface area contributed by atoms with Crippen molar-refractivity contribution in [3.05, 3.63) is 41.5 Å². The first-order valence-electron chi connectivity index (χ1n) is 8.40. The van der Waals surface area contributed by atoms with Crippen molar-refractivity contribution in [2.75, 3.05) is 18.0 Å². The van der Waals surface area contributed by atoms with Crippen LogP contribution in [-0.2, 0) is 5.75 Å². The second-order valence-corrected chi connectivity index (χ2v) is 7.11. The van der Waals surface area contributed by atoms with Crippen LogP contribution >= 0.6 is 11.8 Å². The van der Waals surface area contributed by atoms with Gasteiger partial charge in [-0.3, -0.25) is 4.57 Å². The van der Waals surface area contributed by atoms with Crippen LogP contribution in [-0.4, -0.2) is 38.0 Å². The minimum absolute atomic E-state index is 0.574. The van der Waals surface area contributed by atoms with E-state index in [1.54, 1.807) is 11.8 Å². The summed E-state index contributed by atoms with van der Waals surface area (Å²) in [4.78, 5) is 6.56. The predicted octanol–water partition coefficient (Wildman–Crippen LogP) is 3.16. The van der Waals surface area contributed by atoms with Gasteiger partial charge in [-0.05, 0) is 38.8 Å². The van der Waals surface area contributed by atoms with Crippen LogP contribution in [0.1, 0.15) is 30.1 Å². The molecule has 8 heteroatoms. The van der Waals surface area contributed by atoms with E-state index >= 15 is 0 Å². The molecule has 1 aromatic carbocycles. The summed E-state index contributed by atoms with van der Waals surface area (Å²) < 4.78 is 7.33. The molecule has 1 aliphatic rings. The van der Waals surface area contributed by atoms with Crippen molar-refractivity contribution in [3.8, 4) is 5.69 Å². The molecular formula is C17H20N6OS. The normalized spacial score (nSPS) is 14.4. The molecule has 0 aliphatic carbocycles. The fourth-order valence-electron chi connectivity index (χ4n) is 2.92. The van der Waals surface area contributed by atoms with Crippen molar-refractivity contribution in [1.29, 1.82) is 0 Å². The number of aromatic nitrogens is 5. The van der Waals surface area contributed by atoms with Crippen LogP contribution in [0.15, 0.2) is 33.9 Å². The first-order chi connectivity index (χ1) is 12.2. The minimum atomic E-state index is 0.574. The van der Waals surface area contributed by atoms with Gasteiger partial charge >= 0.3 is 0 Å². The number of aryl methyl sites for hydroxylation is 2. The third-order valence-corrected chi connectivity index (χ3v) is 5.11. The largest absolute Gasteiger partial charge is 0.341 e. The van der Waals surface area contributed by atoms with Crippen LogP contribution < -0.4 is 4.90 Å². The summed E-state index contributed by atoms with van der Waals surface area (Å²) in [6.07, 6.45) is 2.40. The molecule has 0 bridgehead atoms. The molecule has 0 spiro atoms. The molecule has 1 aliphatic heterocycles. The highest BCUT2D eigenvalue weighted by Gasteiger charge is 2.22. The van der Waals surface area contributed by atoms with Crippen LogP contribution in [0.5, 0.6) is 0 Å². The summed E-state index contributed by atoms with van der Waals surface area (Å²) in [7, 11) is 0. The summed E-state index contributed by atoms with van der Waals surface area (Å²) in [6.45, 7) is 5.96. The van der Waals surface area contributed by atoms with Crippen molar-refractivity contribution in [3.63, 3.8) is 0 Å². The Kier molecular flexibility index (Phi) is 4.44. The van der Waals surface area contributed by atoms with Gasteiger partial charge in [0, 0.05) is 13.1 Å². The predicted molar refractivity (Wildman–Crippen MR) is 96.1 cm³/mol. The fraction of sp³-hybridized carbons (Fsp3) is 0.412. The van der Waals surface area contributed by atoms with Crippen molar-refractivity contribution in [1.82, 2.24) is 24.9 Å². The van der Waals surface area contributed by atoms with Gasteiger partial charge in [0.1, 0.15) is 0 Å². The van der Waals surface area contributed by atoms with Crippen molar-refractivity contribution < 1.29 is 4.52 Å². The molecule has 0 N–H and O–H groups in total. The van der Waals surface area contributed by atoms with Crippen molar-refractivity contribution in [2.45, 2.75) is 37.6 Å². The van der Waals surface area contributed by atoms with E-state index < -0.39 is 0 Å². The molecule has 0 radical (unpaired) electrons. The van der Waals surface area contributed by atoms with Crippen LogP contribution in [0.4, 0.5) is 5.95 Å². The van der Waals surface area contributed by atoms with E-state index in [-0.39, 0.29) is 0 Å². The Balaban J connectivity index is 1.66. The number of hydrogen-bond acceptors (Lipinski definition) is 7. The van der Waals surface area contributed by atoms with Gasteiger partial charge < -0.3 is 9.42 Å². The average Bonchev–Trinajstić information content (AvgIpc) is 3.34. The molecule has 25 heavy (non-hydrogen) atoms. The van der Waals surface area contributed by atoms with Gasteiger partial charge in [-0.2, -0.15) is 4.98 Å². The first-order valence-corrected chi connectivity index (χ1v) is 9.38. The molecule has 4 rings (SSSR count). The SMILES string of the molecule is Cc1ccc(-n2c(SCc3nc(C)no3)nnc2N2CCCC2)cc1. The van der Waals surface area contributed by atoms with Crippen LogP contribution in [0.3, 0.4) is 0 Å². The monoisotopic (exact) mass is 356 g/mol. The highest BCUT2D eigenvalue weighted by atomic mass is 32.2. The van der Waals surface area contributed by atoms with E-state index in [1.165, 1.54) is 18.4 Å². The van der Waals surface area contributed by atoms with E-state index in [0.29, 0.717) is 17.5 Å². The molecule has 3 heterocycles. The molecule has 0 unspecified atom stereocenters. The lowest BCUT2D eigenvalue weighted by Crippen LogP contribution is -2.22. The third kappa shape index (κ3) is 3.39. The van der Waals surface area contributed by atoms with Gasteiger partial charge in [0.15, 0.2) is 11.0 Å².